The van der Waals surface area contributed by atoms with Gasteiger partial charge in [-0.1, -0.05) is 43.1 Å². The molecule has 1 saturated carbocycles. The number of aromatic nitrogens is 2. The van der Waals surface area contributed by atoms with Crippen molar-refractivity contribution in [3.8, 4) is 0 Å². The molecule has 2 aromatic carbocycles. The number of carbonyl (C=O) groups is 1. The van der Waals surface area contributed by atoms with Gasteiger partial charge in [0.1, 0.15) is 0 Å². The molecule has 1 heterocycles. The van der Waals surface area contributed by atoms with Crippen molar-refractivity contribution < 1.29 is 4.79 Å². The lowest BCUT2D eigenvalue weighted by Gasteiger charge is -2.34. The SMILES string of the molecule is CC1(C)CCC(NC(=O)c2ccc3[nH]c(Nc4c(Cl)cccc4Cl)nc3c2)CC1. The summed E-state index contributed by atoms with van der Waals surface area (Å²) in [5.74, 6) is 0.463. The Labute approximate surface area is 180 Å². The third-order valence-electron chi connectivity index (χ3n) is 5.63. The van der Waals surface area contributed by atoms with Gasteiger partial charge in [0.25, 0.3) is 5.91 Å². The molecule has 5 nitrogen and oxygen atoms in total. The molecule has 4 rings (SSSR count). The maximum absolute atomic E-state index is 12.7. The van der Waals surface area contributed by atoms with Crippen LogP contribution in [0.1, 0.15) is 49.9 Å². The van der Waals surface area contributed by atoms with Crippen LogP contribution in [-0.4, -0.2) is 21.9 Å². The van der Waals surface area contributed by atoms with E-state index in [1.54, 1.807) is 24.3 Å². The Morgan fingerprint density at radius 3 is 2.52 bits per heavy atom. The fourth-order valence-electron chi connectivity index (χ4n) is 3.75. The molecule has 1 amide bonds. The number of para-hydroxylation sites is 1. The zero-order valence-electron chi connectivity index (χ0n) is 16.5. The largest absolute Gasteiger partial charge is 0.349 e. The molecular weight excluding hydrogens is 407 g/mol. The van der Waals surface area contributed by atoms with Crippen molar-refractivity contribution in [3.05, 3.63) is 52.0 Å². The molecule has 1 aliphatic carbocycles. The Bertz CT molecular complexity index is 1030. The van der Waals surface area contributed by atoms with Crippen molar-refractivity contribution in [2.24, 2.45) is 5.41 Å². The molecule has 0 saturated heterocycles. The first-order valence-corrected chi connectivity index (χ1v) is 10.6. The summed E-state index contributed by atoms with van der Waals surface area (Å²) in [6, 6.07) is 11.0. The Morgan fingerprint density at radius 2 is 1.83 bits per heavy atom. The van der Waals surface area contributed by atoms with Crippen molar-refractivity contribution in [3.63, 3.8) is 0 Å². The van der Waals surface area contributed by atoms with Crippen LogP contribution in [0, 0.1) is 5.41 Å². The van der Waals surface area contributed by atoms with Crippen LogP contribution < -0.4 is 10.6 Å². The molecule has 29 heavy (non-hydrogen) atoms. The first-order chi connectivity index (χ1) is 13.8. The van der Waals surface area contributed by atoms with Crippen LogP contribution in [0.5, 0.6) is 0 Å². The van der Waals surface area contributed by atoms with E-state index in [0.717, 1.165) is 31.2 Å². The van der Waals surface area contributed by atoms with Gasteiger partial charge >= 0.3 is 0 Å². The predicted molar refractivity (Wildman–Crippen MR) is 119 cm³/mol. The van der Waals surface area contributed by atoms with E-state index in [2.05, 4.69) is 34.4 Å². The van der Waals surface area contributed by atoms with E-state index >= 15 is 0 Å². The van der Waals surface area contributed by atoms with Crippen LogP contribution in [0.4, 0.5) is 11.6 Å². The van der Waals surface area contributed by atoms with E-state index in [1.807, 2.05) is 12.1 Å². The summed E-state index contributed by atoms with van der Waals surface area (Å²) in [5, 5.41) is 7.31. The van der Waals surface area contributed by atoms with Crippen molar-refractivity contribution in [1.29, 1.82) is 0 Å². The zero-order chi connectivity index (χ0) is 20.6. The van der Waals surface area contributed by atoms with Gasteiger partial charge in [-0.2, -0.15) is 0 Å². The van der Waals surface area contributed by atoms with Gasteiger partial charge in [0.15, 0.2) is 0 Å². The lowest BCUT2D eigenvalue weighted by molar-refractivity contribution is 0.0909. The number of hydrogen-bond donors (Lipinski definition) is 3. The highest BCUT2D eigenvalue weighted by Crippen LogP contribution is 2.35. The summed E-state index contributed by atoms with van der Waals surface area (Å²) in [6.07, 6.45) is 4.32. The summed E-state index contributed by atoms with van der Waals surface area (Å²) < 4.78 is 0. The Balaban J connectivity index is 1.49. The van der Waals surface area contributed by atoms with Crippen LogP contribution in [0.25, 0.3) is 11.0 Å². The number of nitrogens with zero attached hydrogens (tertiary/aromatic N) is 1. The molecule has 3 aromatic rings. The number of nitrogens with one attached hydrogen (secondary N) is 3. The number of rotatable bonds is 4. The summed E-state index contributed by atoms with van der Waals surface area (Å²) in [5.41, 5.74) is 3.10. The van der Waals surface area contributed by atoms with Gasteiger partial charge in [-0.3, -0.25) is 4.79 Å². The Kier molecular flexibility index (Phi) is 5.45. The minimum Gasteiger partial charge on any atom is -0.349 e. The first kappa shape index (κ1) is 20.0. The molecule has 0 aliphatic heterocycles. The van der Waals surface area contributed by atoms with Crippen LogP contribution >= 0.6 is 23.2 Å². The van der Waals surface area contributed by atoms with E-state index < -0.39 is 0 Å². The molecule has 1 aliphatic rings. The smallest absolute Gasteiger partial charge is 0.251 e. The fourth-order valence-corrected chi connectivity index (χ4v) is 4.25. The maximum atomic E-state index is 12.7. The van der Waals surface area contributed by atoms with Crippen molar-refractivity contribution in [1.82, 2.24) is 15.3 Å². The summed E-state index contributed by atoms with van der Waals surface area (Å²) in [4.78, 5) is 20.4. The number of carbonyl (C=O) groups excluding carboxylic acids is 1. The van der Waals surface area contributed by atoms with Gasteiger partial charge in [-0.15, -0.1) is 0 Å². The molecule has 1 aromatic heterocycles. The molecule has 0 atom stereocenters. The van der Waals surface area contributed by atoms with Crippen molar-refractivity contribution in [2.45, 2.75) is 45.6 Å². The standard InChI is InChI=1S/C22H24Cl2N4O/c1-22(2)10-8-14(9-11-22)25-20(29)13-6-7-17-18(12-13)27-21(26-17)28-19-15(23)4-3-5-16(19)24/h3-7,12,14H,8-11H2,1-2H3,(H,25,29)(H2,26,27,28). The van der Waals surface area contributed by atoms with E-state index in [0.29, 0.717) is 38.2 Å². The van der Waals surface area contributed by atoms with Gasteiger partial charge in [-0.25, -0.2) is 4.98 Å². The van der Waals surface area contributed by atoms with Gasteiger partial charge in [-0.05, 0) is 61.4 Å². The highest BCUT2D eigenvalue weighted by Gasteiger charge is 2.27. The van der Waals surface area contributed by atoms with Crippen molar-refractivity contribution in [2.75, 3.05) is 5.32 Å². The molecule has 0 unspecified atom stereocenters. The number of fused-ring (bicyclic) bond motifs is 1. The highest BCUT2D eigenvalue weighted by molar-refractivity contribution is 6.39. The molecule has 0 radical (unpaired) electrons. The zero-order valence-corrected chi connectivity index (χ0v) is 18.0. The lowest BCUT2D eigenvalue weighted by Crippen LogP contribution is -2.39. The number of aromatic amines is 1. The molecule has 0 bridgehead atoms. The minimum absolute atomic E-state index is 0.0525. The second-order valence-electron chi connectivity index (χ2n) is 8.45. The third-order valence-corrected chi connectivity index (χ3v) is 6.26. The topological polar surface area (TPSA) is 69.8 Å². The molecule has 152 valence electrons. The number of amides is 1. The van der Waals surface area contributed by atoms with Gasteiger partial charge in [0.05, 0.1) is 26.8 Å². The third kappa shape index (κ3) is 4.51. The number of anilines is 2. The van der Waals surface area contributed by atoms with Crippen LogP contribution in [0.3, 0.4) is 0 Å². The highest BCUT2D eigenvalue weighted by atomic mass is 35.5. The minimum atomic E-state index is -0.0525. The Morgan fingerprint density at radius 1 is 1.14 bits per heavy atom. The van der Waals surface area contributed by atoms with Gasteiger partial charge in [0, 0.05) is 11.6 Å². The Hall–Kier alpha value is -2.24. The molecule has 3 N–H and O–H groups in total. The monoisotopic (exact) mass is 430 g/mol. The predicted octanol–water partition coefficient (Wildman–Crippen LogP) is 6.31. The average Bonchev–Trinajstić information content (AvgIpc) is 3.08. The van der Waals surface area contributed by atoms with E-state index in [4.69, 9.17) is 23.2 Å². The quantitative estimate of drug-likeness (QED) is 0.453. The summed E-state index contributed by atoms with van der Waals surface area (Å²) >= 11 is 12.4. The van der Waals surface area contributed by atoms with E-state index in [9.17, 15) is 4.79 Å². The van der Waals surface area contributed by atoms with Crippen molar-refractivity contribution >= 4 is 51.8 Å². The van der Waals surface area contributed by atoms with Gasteiger partial charge < -0.3 is 15.6 Å². The molecule has 1 fully saturated rings. The van der Waals surface area contributed by atoms with Crippen LogP contribution in [-0.2, 0) is 0 Å². The molecule has 7 heteroatoms. The maximum Gasteiger partial charge on any atom is 0.251 e. The summed E-state index contributed by atoms with van der Waals surface area (Å²) in [7, 11) is 0. The summed E-state index contributed by atoms with van der Waals surface area (Å²) in [6.45, 7) is 4.58. The normalized spacial score (nSPS) is 16.7. The molecular formula is C22H24Cl2N4O. The number of H-pyrrole nitrogens is 1. The van der Waals surface area contributed by atoms with E-state index in [1.165, 1.54) is 0 Å². The lowest BCUT2D eigenvalue weighted by atomic mass is 9.75. The number of benzene rings is 2. The first-order valence-electron chi connectivity index (χ1n) is 9.82. The van der Waals surface area contributed by atoms with E-state index in [-0.39, 0.29) is 11.9 Å². The molecule has 0 spiro atoms. The second-order valence-corrected chi connectivity index (χ2v) is 9.27. The van der Waals surface area contributed by atoms with Crippen LogP contribution in [0.15, 0.2) is 36.4 Å². The fraction of sp³-hybridized carbons (Fsp3) is 0.364. The number of hydrogen-bond acceptors (Lipinski definition) is 3. The number of imidazole rings is 1. The second kappa shape index (κ2) is 7.88. The average molecular weight is 431 g/mol. The number of halogens is 2. The van der Waals surface area contributed by atoms with Crippen LogP contribution in [0.2, 0.25) is 10.0 Å². The van der Waals surface area contributed by atoms with Gasteiger partial charge in [0.2, 0.25) is 5.95 Å².